The zero-order valence-corrected chi connectivity index (χ0v) is 12.9. The molecular weight excluding hydrogens is 346 g/mol. The second-order valence-corrected chi connectivity index (χ2v) is 4.71. The number of methoxy groups -OCH3 is 2. The highest BCUT2D eigenvalue weighted by molar-refractivity contribution is 9.10. The van der Waals surface area contributed by atoms with Gasteiger partial charge in [0.2, 0.25) is 6.79 Å². The van der Waals surface area contributed by atoms with Crippen LogP contribution in [-0.4, -0.2) is 33.0 Å². The molecule has 8 heteroatoms. The number of hydrogen-bond acceptors (Lipinski definition) is 7. The zero-order chi connectivity index (χ0) is 15.4. The van der Waals surface area contributed by atoms with Crippen molar-refractivity contribution in [1.82, 2.24) is 0 Å². The van der Waals surface area contributed by atoms with E-state index in [1.807, 2.05) is 0 Å². The molecule has 1 aromatic rings. The number of benzene rings is 1. The Morgan fingerprint density at radius 2 is 2.05 bits per heavy atom. The van der Waals surface area contributed by atoms with E-state index in [2.05, 4.69) is 30.7 Å². The van der Waals surface area contributed by atoms with E-state index in [1.54, 1.807) is 12.1 Å². The quantitative estimate of drug-likeness (QED) is 0.649. The summed E-state index contributed by atoms with van der Waals surface area (Å²) in [6.07, 6.45) is 0.994. The molecule has 0 aromatic heterocycles. The van der Waals surface area contributed by atoms with Crippen molar-refractivity contribution in [3.8, 4) is 11.5 Å². The third kappa shape index (κ3) is 3.27. The Balaban J connectivity index is 2.38. The summed E-state index contributed by atoms with van der Waals surface area (Å²) >= 11 is 3.34. The maximum Gasteiger partial charge on any atom is 0.354 e. The van der Waals surface area contributed by atoms with Crippen LogP contribution < -0.4 is 14.8 Å². The lowest BCUT2D eigenvalue weighted by Crippen LogP contribution is -2.16. The smallest absolute Gasteiger partial charge is 0.354 e. The number of rotatable bonds is 4. The first-order chi connectivity index (χ1) is 10.1. The predicted molar refractivity (Wildman–Crippen MR) is 76.0 cm³/mol. The SMILES string of the molecule is COC(=O)/C=C(/Nc1c(Br)ccc2c1OCO2)C(=O)OC. The van der Waals surface area contributed by atoms with Crippen LogP contribution in [0.2, 0.25) is 0 Å². The molecule has 1 aliphatic heterocycles. The average molecular weight is 358 g/mol. The molecule has 0 aliphatic carbocycles. The van der Waals surface area contributed by atoms with Crippen LogP contribution >= 0.6 is 15.9 Å². The molecule has 0 amide bonds. The molecule has 1 aromatic carbocycles. The Hall–Kier alpha value is -2.22. The zero-order valence-electron chi connectivity index (χ0n) is 11.3. The summed E-state index contributed by atoms with van der Waals surface area (Å²) in [5.41, 5.74) is 0.361. The van der Waals surface area contributed by atoms with Crippen molar-refractivity contribution in [2.24, 2.45) is 0 Å². The van der Waals surface area contributed by atoms with E-state index in [1.165, 1.54) is 14.2 Å². The lowest BCUT2D eigenvalue weighted by Gasteiger charge is -2.12. The molecule has 0 radical (unpaired) electrons. The van der Waals surface area contributed by atoms with Crippen LogP contribution in [0.25, 0.3) is 0 Å². The molecule has 0 saturated carbocycles. The number of fused-ring (bicyclic) bond motifs is 1. The highest BCUT2D eigenvalue weighted by atomic mass is 79.9. The number of carbonyl (C=O) groups excluding carboxylic acids is 2. The Morgan fingerprint density at radius 1 is 1.29 bits per heavy atom. The van der Waals surface area contributed by atoms with Crippen molar-refractivity contribution in [1.29, 1.82) is 0 Å². The molecule has 1 heterocycles. The molecule has 0 unspecified atom stereocenters. The van der Waals surface area contributed by atoms with Crippen LogP contribution in [-0.2, 0) is 19.1 Å². The van der Waals surface area contributed by atoms with Crippen LogP contribution in [0.3, 0.4) is 0 Å². The van der Waals surface area contributed by atoms with Crippen molar-refractivity contribution >= 4 is 33.6 Å². The van der Waals surface area contributed by atoms with Crippen molar-refractivity contribution in [3.05, 3.63) is 28.4 Å². The lowest BCUT2D eigenvalue weighted by molar-refractivity contribution is -0.138. The first kappa shape index (κ1) is 15.2. The van der Waals surface area contributed by atoms with E-state index in [9.17, 15) is 9.59 Å². The number of ether oxygens (including phenoxy) is 4. The molecule has 1 aliphatic rings. The molecule has 112 valence electrons. The first-order valence-corrected chi connectivity index (χ1v) is 6.59. The highest BCUT2D eigenvalue weighted by Crippen LogP contribution is 2.44. The summed E-state index contributed by atoms with van der Waals surface area (Å²) in [6, 6.07) is 3.45. The maximum absolute atomic E-state index is 11.7. The van der Waals surface area contributed by atoms with Crippen molar-refractivity contribution in [3.63, 3.8) is 0 Å². The van der Waals surface area contributed by atoms with Gasteiger partial charge in [-0.2, -0.15) is 0 Å². The molecule has 2 rings (SSSR count). The fourth-order valence-corrected chi connectivity index (χ4v) is 2.04. The summed E-state index contributed by atoms with van der Waals surface area (Å²) in [7, 11) is 2.42. The molecule has 1 N–H and O–H groups in total. The largest absolute Gasteiger partial charge is 0.466 e. The minimum Gasteiger partial charge on any atom is -0.466 e. The average Bonchev–Trinajstić information content (AvgIpc) is 2.96. The Bertz CT molecular complexity index is 613. The van der Waals surface area contributed by atoms with Crippen LogP contribution in [0.4, 0.5) is 5.69 Å². The van der Waals surface area contributed by atoms with Gasteiger partial charge < -0.3 is 24.3 Å². The van der Waals surface area contributed by atoms with Gasteiger partial charge in [0.15, 0.2) is 11.5 Å². The highest BCUT2D eigenvalue weighted by Gasteiger charge is 2.23. The van der Waals surface area contributed by atoms with Gasteiger partial charge in [-0.25, -0.2) is 9.59 Å². The summed E-state index contributed by atoms with van der Waals surface area (Å²) < 4.78 is 20.4. The normalized spacial score (nSPS) is 12.8. The summed E-state index contributed by atoms with van der Waals surface area (Å²) in [5.74, 6) is -0.445. The van der Waals surface area contributed by atoms with Gasteiger partial charge in [0, 0.05) is 4.47 Å². The predicted octanol–water partition coefficient (Wildman–Crippen LogP) is 1.82. The summed E-state index contributed by atoms with van der Waals surface area (Å²) in [5, 5.41) is 2.80. The van der Waals surface area contributed by atoms with E-state index >= 15 is 0 Å². The monoisotopic (exact) mass is 357 g/mol. The fourth-order valence-electron chi connectivity index (χ4n) is 1.63. The molecule has 0 fully saturated rings. The van der Waals surface area contributed by atoms with Gasteiger partial charge in [-0.05, 0) is 28.1 Å². The van der Waals surface area contributed by atoms with E-state index in [0.717, 1.165) is 6.08 Å². The van der Waals surface area contributed by atoms with Gasteiger partial charge in [0.1, 0.15) is 5.70 Å². The van der Waals surface area contributed by atoms with Crippen LogP contribution in [0.15, 0.2) is 28.4 Å². The van der Waals surface area contributed by atoms with Gasteiger partial charge in [0.05, 0.1) is 26.0 Å². The van der Waals surface area contributed by atoms with E-state index in [-0.39, 0.29) is 12.5 Å². The molecule has 0 spiro atoms. The molecule has 0 atom stereocenters. The van der Waals surface area contributed by atoms with Crippen molar-refractivity contribution in [2.75, 3.05) is 26.3 Å². The summed E-state index contributed by atoms with van der Waals surface area (Å²) in [4.78, 5) is 23.1. The third-order valence-electron chi connectivity index (χ3n) is 2.62. The maximum atomic E-state index is 11.7. The number of halogens is 1. The fraction of sp³-hybridized carbons (Fsp3) is 0.231. The van der Waals surface area contributed by atoms with Crippen LogP contribution in [0.1, 0.15) is 0 Å². The topological polar surface area (TPSA) is 83.1 Å². The van der Waals surface area contributed by atoms with Gasteiger partial charge in [0.25, 0.3) is 0 Å². The Labute approximate surface area is 128 Å². The molecule has 0 saturated heterocycles. The molecule has 21 heavy (non-hydrogen) atoms. The first-order valence-electron chi connectivity index (χ1n) is 5.80. The second-order valence-electron chi connectivity index (χ2n) is 3.85. The number of carbonyl (C=O) groups is 2. The van der Waals surface area contributed by atoms with Gasteiger partial charge in [-0.15, -0.1) is 0 Å². The summed E-state index contributed by atoms with van der Waals surface area (Å²) in [6.45, 7) is 0.0781. The van der Waals surface area contributed by atoms with E-state index < -0.39 is 11.9 Å². The van der Waals surface area contributed by atoms with Gasteiger partial charge >= 0.3 is 11.9 Å². The molecule has 0 bridgehead atoms. The third-order valence-corrected chi connectivity index (χ3v) is 3.28. The number of hydrogen-bond donors (Lipinski definition) is 1. The van der Waals surface area contributed by atoms with Gasteiger partial charge in [-0.3, -0.25) is 0 Å². The van der Waals surface area contributed by atoms with Crippen molar-refractivity contribution < 1.29 is 28.5 Å². The minimum absolute atomic E-state index is 0.0781. The molecule has 7 nitrogen and oxygen atoms in total. The second kappa shape index (κ2) is 6.49. The number of esters is 2. The Kier molecular flexibility index (Phi) is 4.69. The van der Waals surface area contributed by atoms with Crippen molar-refractivity contribution in [2.45, 2.75) is 0 Å². The molecular formula is C13H12BrNO6. The standard InChI is InChI=1S/C13H12BrNO6/c1-18-10(16)5-8(13(17)19-2)15-11-7(14)3-4-9-12(11)21-6-20-9/h3-5,15H,6H2,1-2H3/b8-5+. The van der Waals surface area contributed by atoms with Crippen LogP contribution in [0, 0.1) is 0 Å². The number of anilines is 1. The minimum atomic E-state index is -0.719. The van der Waals surface area contributed by atoms with Crippen LogP contribution in [0.5, 0.6) is 11.5 Å². The van der Waals surface area contributed by atoms with Gasteiger partial charge in [-0.1, -0.05) is 0 Å². The Morgan fingerprint density at radius 3 is 2.71 bits per heavy atom. The lowest BCUT2D eigenvalue weighted by atomic mass is 10.2. The van der Waals surface area contributed by atoms with E-state index in [4.69, 9.17) is 9.47 Å². The number of nitrogens with one attached hydrogen (secondary N) is 1. The van der Waals surface area contributed by atoms with E-state index in [0.29, 0.717) is 21.7 Å².